The number of halogens is 1. The van der Waals surface area contributed by atoms with Crippen LogP contribution in [0.4, 0.5) is 10.1 Å². The highest BCUT2D eigenvalue weighted by molar-refractivity contribution is 6.07. The zero-order valence-corrected chi connectivity index (χ0v) is 13.4. The van der Waals surface area contributed by atoms with Crippen LogP contribution in [0.15, 0.2) is 29.1 Å². The van der Waals surface area contributed by atoms with E-state index in [1.807, 2.05) is 6.07 Å². The van der Waals surface area contributed by atoms with Crippen LogP contribution >= 0.6 is 0 Å². The molecule has 0 bridgehead atoms. The molecule has 3 N–H and O–H groups in total. The molecular formula is C18H14FN3O3. The van der Waals surface area contributed by atoms with E-state index in [-0.39, 0.29) is 35.0 Å². The number of hydrogen-bond donors (Lipinski definition) is 2. The summed E-state index contributed by atoms with van der Waals surface area (Å²) < 4.78 is 19.0. The molecule has 0 spiro atoms. The second-order valence-electron chi connectivity index (χ2n) is 5.62. The van der Waals surface area contributed by atoms with E-state index in [1.54, 1.807) is 6.07 Å². The summed E-state index contributed by atoms with van der Waals surface area (Å²) in [5.41, 5.74) is 6.57. The van der Waals surface area contributed by atoms with Gasteiger partial charge in [0.1, 0.15) is 11.9 Å². The number of ether oxygens (including phenoxy) is 1. The van der Waals surface area contributed by atoms with Crippen LogP contribution in [0.1, 0.15) is 17.5 Å². The van der Waals surface area contributed by atoms with Gasteiger partial charge in [0.25, 0.3) is 5.56 Å². The van der Waals surface area contributed by atoms with Crippen molar-refractivity contribution in [2.24, 2.45) is 0 Å². The van der Waals surface area contributed by atoms with E-state index in [2.05, 4.69) is 9.72 Å². The highest BCUT2D eigenvalue weighted by atomic mass is 19.1. The number of anilines is 1. The molecule has 7 heteroatoms. The third-order valence-corrected chi connectivity index (χ3v) is 4.11. The maximum atomic E-state index is 14.4. The van der Waals surface area contributed by atoms with Gasteiger partial charge in [0.2, 0.25) is 0 Å². The minimum absolute atomic E-state index is 0.0168. The lowest BCUT2D eigenvalue weighted by Crippen LogP contribution is -2.09. The van der Waals surface area contributed by atoms with Crippen molar-refractivity contribution in [1.82, 2.24) is 4.98 Å². The van der Waals surface area contributed by atoms with Crippen molar-refractivity contribution in [1.29, 1.82) is 5.26 Å². The van der Waals surface area contributed by atoms with Gasteiger partial charge in [0.15, 0.2) is 0 Å². The number of nitrogen functional groups attached to an aromatic ring is 1. The molecule has 0 saturated carbocycles. The van der Waals surface area contributed by atoms with Gasteiger partial charge in [-0.25, -0.2) is 4.39 Å². The first kappa shape index (κ1) is 16.5. The Morgan fingerprint density at radius 2 is 2.04 bits per heavy atom. The fraction of sp³-hybridized carbons (Fsp3) is 0.167. The first-order valence-electron chi connectivity index (χ1n) is 7.49. The average Bonchev–Trinajstić information content (AvgIpc) is 2.60. The predicted molar refractivity (Wildman–Crippen MR) is 91.5 cm³/mol. The van der Waals surface area contributed by atoms with E-state index in [9.17, 15) is 14.0 Å². The van der Waals surface area contributed by atoms with Crippen LogP contribution in [0, 0.1) is 17.1 Å². The van der Waals surface area contributed by atoms with Gasteiger partial charge in [-0.1, -0.05) is 0 Å². The molecule has 3 aromatic rings. The zero-order chi connectivity index (χ0) is 18.1. The molecule has 0 amide bonds. The summed E-state index contributed by atoms with van der Waals surface area (Å²) in [6, 6.07) is 7.64. The van der Waals surface area contributed by atoms with Gasteiger partial charge in [0.05, 0.1) is 23.9 Å². The molecule has 0 aliphatic rings. The van der Waals surface area contributed by atoms with Crippen molar-refractivity contribution in [3.63, 3.8) is 0 Å². The Morgan fingerprint density at radius 1 is 1.28 bits per heavy atom. The number of aryl methyl sites for hydroxylation is 1. The number of fused-ring (bicyclic) bond motifs is 3. The van der Waals surface area contributed by atoms with Crippen molar-refractivity contribution >= 4 is 33.3 Å². The average molecular weight is 339 g/mol. The fourth-order valence-corrected chi connectivity index (χ4v) is 2.79. The van der Waals surface area contributed by atoms with E-state index in [0.717, 1.165) is 0 Å². The van der Waals surface area contributed by atoms with Crippen LogP contribution in [-0.2, 0) is 16.0 Å². The maximum absolute atomic E-state index is 14.4. The third-order valence-electron chi connectivity index (χ3n) is 4.11. The first-order valence-corrected chi connectivity index (χ1v) is 7.49. The van der Waals surface area contributed by atoms with Crippen LogP contribution in [0.5, 0.6) is 0 Å². The van der Waals surface area contributed by atoms with E-state index in [0.29, 0.717) is 16.3 Å². The summed E-state index contributed by atoms with van der Waals surface area (Å²) in [6.07, 6.45) is 0.143. The number of rotatable bonds is 3. The zero-order valence-electron chi connectivity index (χ0n) is 13.4. The highest BCUT2D eigenvalue weighted by Crippen LogP contribution is 2.28. The van der Waals surface area contributed by atoms with Crippen molar-refractivity contribution in [3.8, 4) is 6.07 Å². The molecule has 126 valence electrons. The molecule has 6 nitrogen and oxygen atoms in total. The Balaban J connectivity index is 2.23. The van der Waals surface area contributed by atoms with Gasteiger partial charge in [-0.2, -0.15) is 5.26 Å². The van der Waals surface area contributed by atoms with Crippen LogP contribution in [-0.4, -0.2) is 18.1 Å². The van der Waals surface area contributed by atoms with E-state index < -0.39 is 17.3 Å². The monoisotopic (exact) mass is 339 g/mol. The summed E-state index contributed by atoms with van der Waals surface area (Å²) in [6.45, 7) is 0. The minimum Gasteiger partial charge on any atom is -0.469 e. The summed E-state index contributed by atoms with van der Waals surface area (Å²) in [5, 5.41) is 10.3. The van der Waals surface area contributed by atoms with E-state index in [4.69, 9.17) is 11.0 Å². The number of nitrogens with two attached hydrogens (primary N) is 1. The molecule has 1 heterocycles. The molecule has 25 heavy (non-hydrogen) atoms. The molecule has 0 aliphatic carbocycles. The lowest BCUT2D eigenvalue weighted by Gasteiger charge is -2.09. The van der Waals surface area contributed by atoms with Gasteiger partial charge in [-0.15, -0.1) is 0 Å². The van der Waals surface area contributed by atoms with Crippen molar-refractivity contribution in [2.45, 2.75) is 12.8 Å². The third kappa shape index (κ3) is 2.90. The lowest BCUT2D eigenvalue weighted by molar-refractivity contribution is -0.140. The molecule has 0 atom stereocenters. The van der Waals surface area contributed by atoms with E-state index >= 15 is 0 Å². The summed E-state index contributed by atoms with van der Waals surface area (Å²) in [4.78, 5) is 26.3. The summed E-state index contributed by atoms with van der Waals surface area (Å²) in [7, 11) is 1.26. The number of benzene rings is 2. The number of H-pyrrole nitrogens is 1. The Bertz CT molecular complexity index is 1110. The van der Waals surface area contributed by atoms with Gasteiger partial charge in [-0.3, -0.25) is 9.59 Å². The number of nitriles is 1. The number of nitrogens with one attached hydrogen (secondary N) is 1. The first-order chi connectivity index (χ1) is 11.9. The van der Waals surface area contributed by atoms with Crippen LogP contribution in [0.2, 0.25) is 0 Å². The standard InChI is InChI=1S/C18H14FN3O3/c1-25-17(23)3-2-9-4-13-11(6-14(9)19)12-7-15(21)10(8-20)5-16(12)22-18(13)24/h4-7H,2-3,21H2,1H3,(H,22,24). The number of carbonyl (C=O) groups excluding carboxylic acids is 1. The molecule has 2 aromatic carbocycles. The molecular weight excluding hydrogens is 325 g/mol. The molecule has 1 aromatic heterocycles. The van der Waals surface area contributed by atoms with Crippen molar-refractivity contribution in [2.75, 3.05) is 12.8 Å². The number of methoxy groups -OCH3 is 1. The fourth-order valence-electron chi connectivity index (χ4n) is 2.79. The number of pyridine rings is 1. The molecule has 0 saturated heterocycles. The SMILES string of the molecule is COC(=O)CCc1cc2c(=O)[nH]c3cc(C#N)c(N)cc3c2cc1F. The van der Waals surface area contributed by atoms with Crippen LogP contribution in [0.3, 0.4) is 0 Å². The molecule has 3 rings (SSSR count). The van der Waals surface area contributed by atoms with Gasteiger partial charge in [0, 0.05) is 17.2 Å². The number of esters is 1. The van der Waals surface area contributed by atoms with Crippen LogP contribution < -0.4 is 11.3 Å². The Hall–Kier alpha value is -3.40. The second kappa shape index (κ2) is 6.24. The Morgan fingerprint density at radius 3 is 2.72 bits per heavy atom. The number of hydrogen-bond acceptors (Lipinski definition) is 5. The largest absolute Gasteiger partial charge is 0.469 e. The number of aromatic nitrogens is 1. The summed E-state index contributed by atoms with van der Waals surface area (Å²) in [5.74, 6) is -0.977. The van der Waals surface area contributed by atoms with Gasteiger partial charge < -0.3 is 15.5 Å². The van der Waals surface area contributed by atoms with Gasteiger partial charge in [-0.05, 0) is 41.6 Å². The minimum atomic E-state index is -0.522. The smallest absolute Gasteiger partial charge is 0.305 e. The Labute approximate surface area is 141 Å². The molecule has 0 radical (unpaired) electrons. The number of aromatic amines is 1. The highest BCUT2D eigenvalue weighted by Gasteiger charge is 2.13. The predicted octanol–water partition coefficient (Wildman–Crippen LogP) is 2.38. The molecule has 0 unspecified atom stereocenters. The van der Waals surface area contributed by atoms with Crippen molar-refractivity contribution in [3.05, 3.63) is 51.6 Å². The normalized spacial score (nSPS) is 10.8. The summed E-state index contributed by atoms with van der Waals surface area (Å²) >= 11 is 0. The van der Waals surface area contributed by atoms with Crippen LogP contribution in [0.25, 0.3) is 21.7 Å². The van der Waals surface area contributed by atoms with Gasteiger partial charge >= 0.3 is 5.97 Å². The quantitative estimate of drug-likeness (QED) is 0.432. The van der Waals surface area contributed by atoms with E-state index in [1.165, 1.54) is 25.3 Å². The number of carbonyl (C=O) groups is 1. The maximum Gasteiger partial charge on any atom is 0.305 e. The lowest BCUT2D eigenvalue weighted by atomic mass is 9.99. The molecule has 0 fully saturated rings. The second-order valence-corrected chi connectivity index (χ2v) is 5.62. The van der Waals surface area contributed by atoms with Crippen molar-refractivity contribution < 1.29 is 13.9 Å². The topological polar surface area (TPSA) is 109 Å². The Kier molecular flexibility index (Phi) is 4.11. The number of nitrogens with zero attached hydrogens (tertiary/aromatic N) is 1. The molecule has 0 aliphatic heterocycles.